The van der Waals surface area contributed by atoms with Crippen molar-refractivity contribution >= 4 is 23.6 Å². The molecule has 0 radical (unpaired) electrons. The number of alkyl halides is 3. The second kappa shape index (κ2) is 9.50. The zero-order valence-corrected chi connectivity index (χ0v) is 17.2. The molecule has 12 heteroatoms. The van der Waals surface area contributed by atoms with Crippen LogP contribution in [-0.2, 0) is 6.18 Å². The molecule has 2 aromatic rings. The van der Waals surface area contributed by atoms with E-state index in [4.69, 9.17) is 9.84 Å². The van der Waals surface area contributed by atoms with Gasteiger partial charge in [-0.15, -0.1) is 0 Å². The number of hydrogen-bond donors (Lipinski definition) is 1. The number of Topliss-reactive ketones (excluding diaryl/α,β-unsaturated/α-hetero) is 1. The zero-order chi connectivity index (χ0) is 22.6. The van der Waals surface area contributed by atoms with Crippen LogP contribution in [0.1, 0.15) is 40.5 Å². The second-order valence-electron chi connectivity index (χ2n) is 6.77. The lowest BCUT2D eigenvalue weighted by molar-refractivity contribution is -0.141. The number of amides is 1. The first-order valence-electron chi connectivity index (χ1n) is 9.28. The third-order valence-electron chi connectivity index (χ3n) is 4.80. The number of carboxylic acid groups (broad SMARTS) is 1. The van der Waals surface area contributed by atoms with Crippen molar-refractivity contribution in [3.63, 3.8) is 0 Å². The number of hydrogen-bond acceptors (Lipinski definition) is 7. The molecule has 1 aliphatic rings. The Morgan fingerprint density at radius 2 is 1.97 bits per heavy atom. The molecule has 1 amide bonds. The molecule has 0 atom stereocenters. The van der Waals surface area contributed by atoms with Crippen molar-refractivity contribution < 1.29 is 32.6 Å². The highest BCUT2D eigenvalue weighted by molar-refractivity contribution is 7.98. The number of ketones is 1. The van der Waals surface area contributed by atoms with Gasteiger partial charge in [-0.1, -0.05) is 17.8 Å². The smallest absolute Gasteiger partial charge is 0.433 e. The Hall–Kier alpha value is -2.89. The van der Waals surface area contributed by atoms with Gasteiger partial charge in [-0.05, 0) is 25.2 Å². The summed E-state index contributed by atoms with van der Waals surface area (Å²) in [6.45, 7) is 0.102. The van der Waals surface area contributed by atoms with E-state index >= 15 is 0 Å². The van der Waals surface area contributed by atoms with Gasteiger partial charge in [0.25, 0.3) is 0 Å². The zero-order valence-electron chi connectivity index (χ0n) is 16.4. The second-order valence-corrected chi connectivity index (χ2v) is 7.54. The van der Waals surface area contributed by atoms with Crippen LogP contribution in [0.3, 0.4) is 0 Å². The molecule has 0 bridgehead atoms. The maximum Gasteiger partial charge on any atom is 0.433 e. The maximum atomic E-state index is 12.8. The molecule has 0 aliphatic carbocycles. The fraction of sp³-hybridized carbons (Fsp3) is 0.421. The predicted molar refractivity (Wildman–Crippen MR) is 104 cm³/mol. The molecule has 0 aromatic carbocycles. The molecular weight excluding hydrogens is 437 g/mol. The lowest BCUT2D eigenvalue weighted by Crippen LogP contribution is -2.37. The molecule has 1 fully saturated rings. The van der Waals surface area contributed by atoms with Crippen LogP contribution in [0.5, 0.6) is 5.88 Å². The Balaban J connectivity index is 1.76. The summed E-state index contributed by atoms with van der Waals surface area (Å²) in [5.74, 6) is -0.959. The quantitative estimate of drug-likeness (QED) is 0.398. The average molecular weight is 456 g/mol. The van der Waals surface area contributed by atoms with Crippen LogP contribution in [-0.4, -0.2) is 62.8 Å². The molecule has 2 aromatic heterocycles. The summed E-state index contributed by atoms with van der Waals surface area (Å²) in [5, 5.41) is 9.58. The number of aromatic nitrogens is 3. The van der Waals surface area contributed by atoms with Crippen molar-refractivity contribution in [2.45, 2.75) is 30.1 Å². The molecule has 0 unspecified atom stereocenters. The van der Waals surface area contributed by atoms with Crippen LogP contribution < -0.4 is 4.74 Å². The standard InChI is InChI=1S/C19H19F3N4O4S/c1-31-17-23-9-12(16(25-17)11-5-7-26(8-6-11)18(28)29)13(27)10-30-15-4-2-3-14(24-15)19(20,21)22/h2-4,9,11H,5-8,10H2,1H3,(H,28,29). The van der Waals surface area contributed by atoms with Gasteiger partial charge in [0.05, 0.1) is 11.3 Å². The number of thioether (sulfide) groups is 1. The summed E-state index contributed by atoms with van der Waals surface area (Å²) in [6, 6.07) is 3.19. The van der Waals surface area contributed by atoms with Crippen LogP contribution in [0.15, 0.2) is 29.6 Å². The van der Waals surface area contributed by atoms with Crippen molar-refractivity contribution in [3.05, 3.63) is 41.3 Å². The van der Waals surface area contributed by atoms with Gasteiger partial charge >= 0.3 is 12.3 Å². The highest BCUT2D eigenvalue weighted by atomic mass is 32.2. The van der Waals surface area contributed by atoms with Crippen LogP contribution in [0.25, 0.3) is 0 Å². The number of ether oxygens (including phenoxy) is 1. The third kappa shape index (κ3) is 5.63. The third-order valence-corrected chi connectivity index (χ3v) is 5.36. The largest absolute Gasteiger partial charge is 0.469 e. The molecule has 1 N–H and O–H groups in total. The van der Waals surface area contributed by atoms with Crippen molar-refractivity contribution in [1.82, 2.24) is 19.9 Å². The molecule has 166 valence electrons. The van der Waals surface area contributed by atoms with Crippen molar-refractivity contribution in [1.29, 1.82) is 0 Å². The lowest BCUT2D eigenvalue weighted by Gasteiger charge is -2.30. The van der Waals surface area contributed by atoms with E-state index in [2.05, 4.69) is 15.0 Å². The Morgan fingerprint density at radius 3 is 2.58 bits per heavy atom. The topological polar surface area (TPSA) is 106 Å². The summed E-state index contributed by atoms with van der Waals surface area (Å²) in [6.07, 6.45) is -1.47. The fourth-order valence-corrected chi connectivity index (χ4v) is 3.56. The molecule has 3 heterocycles. The normalized spacial score (nSPS) is 15.0. The SMILES string of the molecule is CSc1ncc(C(=O)COc2cccc(C(F)(F)F)n2)c(C2CCN(C(=O)O)CC2)n1. The highest BCUT2D eigenvalue weighted by Gasteiger charge is 2.33. The van der Waals surface area contributed by atoms with E-state index in [0.717, 1.165) is 12.1 Å². The summed E-state index contributed by atoms with van der Waals surface area (Å²) < 4.78 is 43.6. The van der Waals surface area contributed by atoms with E-state index in [0.29, 0.717) is 36.8 Å². The van der Waals surface area contributed by atoms with E-state index in [1.54, 1.807) is 6.26 Å². The van der Waals surface area contributed by atoms with Crippen molar-refractivity contribution in [2.75, 3.05) is 26.0 Å². The first-order valence-corrected chi connectivity index (χ1v) is 10.5. The van der Waals surface area contributed by atoms with Gasteiger partial charge in [-0.3, -0.25) is 4.79 Å². The molecule has 1 saturated heterocycles. The monoisotopic (exact) mass is 456 g/mol. The van der Waals surface area contributed by atoms with Gasteiger partial charge in [0.2, 0.25) is 11.7 Å². The highest BCUT2D eigenvalue weighted by Crippen LogP contribution is 2.31. The summed E-state index contributed by atoms with van der Waals surface area (Å²) in [4.78, 5) is 37.2. The van der Waals surface area contributed by atoms with Gasteiger partial charge in [0.1, 0.15) is 5.69 Å². The molecule has 3 rings (SSSR count). The summed E-state index contributed by atoms with van der Waals surface area (Å²) >= 11 is 1.30. The number of pyridine rings is 1. The van der Waals surface area contributed by atoms with Crippen LogP contribution in [0.2, 0.25) is 0 Å². The number of halogens is 3. The number of rotatable bonds is 6. The van der Waals surface area contributed by atoms with Gasteiger partial charge in [-0.2, -0.15) is 13.2 Å². The van der Waals surface area contributed by atoms with Crippen molar-refractivity contribution in [3.8, 4) is 5.88 Å². The number of piperidine rings is 1. The minimum absolute atomic E-state index is 0.143. The van der Waals surface area contributed by atoms with E-state index in [-0.39, 0.29) is 17.4 Å². The number of likely N-dealkylation sites (tertiary alicyclic amines) is 1. The van der Waals surface area contributed by atoms with E-state index < -0.39 is 30.4 Å². The average Bonchev–Trinajstić information content (AvgIpc) is 2.76. The van der Waals surface area contributed by atoms with Crippen LogP contribution in [0.4, 0.5) is 18.0 Å². The molecule has 31 heavy (non-hydrogen) atoms. The molecular formula is C19H19F3N4O4S. The summed E-state index contributed by atoms with van der Waals surface area (Å²) in [7, 11) is 0. The van der Waals surface area contributed by atoms with Crippen molar-refractivity contribution in [2.24, 2.45) is 0 Å². The van der Waals surface area contributed by atoms with Gasteiger partial charge < -0.3 is 14.7 Å². The first-order chi connectivity index (χ1) is 14.7. The molecule has 8 nitrogen and oxygen atoms in total. The Morgan fingerprint density at radius 1 is 1.26 bits per heavy atom. The molecule has 1 aliphatic heterocycles. The first kappa shape index (κ1) is 22.8. The van der Waals surface area contributed by atoms with Gasteiger partial charge in [0, 0.05) is 31.3 Å². The molecule has 0 spiro atoms. The maximum absolute atomic E-state index is 12.8. The minimum Gasteiger partial charge on any atom is -0.469 e. The fourth-order valence-electron chi connectivity index (χ4n) is 3.22. The Bertz CT molecular complexity index is 965. The predicted octanol–water partition coefficient (Wildman–Crippen LogP) is 3.73. The summed E-state index contributed by atoms with van der Waals surface area (Å²) in [5.41, 5.74) is -0.412. The number of carbonyl (C=O) groups excluding carboxylic acids is 1. The van der Waals surface area contributed by atoms with E-state index in [1.165, 1.54) is 28.9 Å². The van der Waals surface area contributed by atoms with Crippen LogP contribution >= 0.6 is 11.8 Å². The van der Waals surface area contributed by atoms with Gasteiger partial charge in [-0.25, -0.2) is 19.7 Å². The lowest BCUT2D eigenvalue weighted by atomic mass is 9.90. The number of carbonyl (C=O) groups is 2. The van der Waals surface area contributed by atoms with E-state index in [1.807, 2.05) is 0 Å². The Kier molecular flexibility index (Phi) is 6.98. The minimum atomic E-state index is -4.62. The molecule has 0 saturated carbocycles. The van der Waals surface area contributed by atoms with Crippen LogP contribution in [0, 0.1) is 0 Å². The number of nitrogens with zero attached hydrogens (tertiary/aromatic N) is 4. The van der Waals surface area contributed by atoms with Gasteiger partial charge in [0.15, 0.2) is 11.8 Å². The Labute approximate surface area is 179 Å². The van der Waals surface area contributed by atoms with E-state index in [9.17, 15) is 22.8 Å².